The van der Waals surface area contributed by atoms with E-state index < -0.39 is 17.6 Å². The van der Waals surface area contributed by atoms with E-state index in [1.54, 1.807) is 0 Å². The monoisotopic (exact) mass is 636 g/mol. The summed E-state index contributed by atoms with van der Waals surface area (Å²) in [7, 11) is 2.08. The van der Waals surface area contributed by atoms with Gasteiger partial charge in [0.25, 0.3) is 0 Å². The number of rotatable bonds is 9. The molecule has 42 heavy (non-hydrogen) atoms. The number of nitriles is 1. The van der Waals surface area contributed by atoms with Crippen LogP contribution >= 0.6 is 15.9 Å². The molecule has 222 valence electrons. The standard InChI is InChI=1S/C31H37BrN6O4/c1-3-12-31(18-21-7-4-5-9-25(21)32)13-10-24-26(27(31)39)34-29(42-20-23-8-6-15-36(23)2)35-28(24)37-16-17-38(30(40)41)22(19-37)11-14-33/h3-5,7,9,22-23H,1,6,8,10-13,15-20H2,2H3,(H,40,41)/t22-,23-,31-/m0/s1. The van der Waals surface area contributed by atoms with E-state index in [0.29, 0.717) is 56.9 Å². The Labute approximate surface area is 255 Å². The van der Waals surface area contributed by atoms with Crippen LogP contribution < -0.4 is 9.64 Å². The fourth-order valence-electron chi connectivity index (χ4n) is 6.58. The first kappa shape index (κ1) is 30.0. The molecule has 0 unspecified atom stereocenters. The number of ketones is 1. The van der Waals surface area contributed by atoms with Crippen molar-refractivity contribution in [2.75, 3.05) is 44.7 Å². The van der Waals surface area contributed by atoms with E-state index in [1.165, 1.54) is 4.90 Å². The van der Waals surface area contributed by atoms with Gasteiger partial charge in [-0.1, -0.05) is 40.2 Å². The molecule has 1 aromatic heterocycles. The zero-order valence-corrected chi connectivity index (χ0v) is 25.6. The molecule has 3 atom stereocenters. The van der Waals surface area contributed by atoms with Gasteiger partial charge in [-0.15, -0.1) is 6.58 Å². The van der Waals surface area contributed by atoms with Gasteiger partial charge in [-0.2, -0.15) is 15.2 Å². The molecule has 2 aromatic rings. The first-order valence-corrected chi connectivity index (χ1v) is 15.3. The van der Waals surface area contributed by atoms with Crippen LogP contribution in [0.5, 0.6) is 6.01 Å². The maximum Gasteiger partial charge on any atom is 0.407 e. The summed E-state index contributed by atoms with van der Waals surface area (Å²) < 4.78 is 7.14. The second-order valence-electron chi connectivity index (χ2n) is 11.6. The SMILES string of the molecule is C=CC[C@@]1(Cc2ccccc2Br)CCc2c(nc(OC[C@@H]3CCCN3C)nc2N2CCN(C(=O)O)[C@@H](CC#N)C2)C1=O. The molecule has 2 fully saturated rings. The molecular formula is C31H37BrN6O4. The number of amides is 1. The number of likely N-dealkylation sites (N-methyl/N-ethyl adjacent to an activating group) is 1. The molecule has 2 saturated heterocycles. The Kier molecular flexibility index (Phi) is 9.13. The van der Waals surface area contributed by atoms with Crippen molar-refractivity contribution in [3.8, 4) is 12.1 Å². The van der Waals surface area contributed by atoms with Crippen molar-refractivity contribution in [3.63, 3.8) is 0 Å². The lowest BCUT2D eigenvalue weighted by Gasteiger charge is -2.42. The van der Waals surface area contributed by atoms with E-state index in [9.17, 15) is 20.0 Å². The number of aromatic nitrogens is 2. The molecule has 0 bridgehead atoms. The average Bonchev–Trinajstić information content (AvgIpc) is 3.39. The van der Waals surface area contributed by atoms with Crippen LogP contribution in [0.15, 0.2) is 41.4 Å². The summed E-state index contributed by atoms with van der Waals surface area (Å²) in [4.78, 5) is 41.5. The number of carboxylic acid groups (broad SMARTS) is 1. The van der Waals surface area contributed by atoms with Crippen LogP contribution in [0.25, 0.3) is 0 Å². The van der Waals surface area contributed by atoms with E-state index >= 15 is 0 Å². The van der Waals surface area contributed by atoms with Gasteiger partial charge in [0.15, 0.2) is 5.78 Å². The topological polar surface area (TPSA) is 123 Å². The minimum Gasteiger partial charge on any atom is -0.465 e. The first-order chi connectivity index (χ1) is 20.3. The van der Waals surface area contributed by atoms with Crippen LogP contribution in [-0.2, 0) is 12.8 Å². The highest BCUT2D eigenvalue weighted by Crippen LogP contribution is 2.44. The highest BCUT2D eigenvalue weighted by molar-refractivity contribution is 9.10. The van der Waals surface area contributed by atoms with Gasteiger partial charge in [-0.05, 0) is 63.7 Å². The van der Waals surface area contributed by atoms with Crippen LogP contribution in [-0.4, -0.2) is 88.7 Å². The van der Waals surface area contributed by atoms with Gasteiger partial charge in [0, 0.05) is 41.1 Å². The Morgan fingerprint density at radius 3 is 2.79 bits per heavy atom. The molecule has 1 aromatic carbocycles. The third-order valence-electron chi connectivity index (χ3n) is 8.97. The zero-order valence-electron chi connectivity index (χ0n) is 24.0. The number of carbonyl (C=O) groups is 2. The number of carbonyl (C=O) groups excluding carboxylic acids is 1. The summed E-state index contributed by atoms with van der Waals surface area (Å²) in [5, 5.41) is 19.1. The number of ether oxygens (including phenoxy) is 1. The molecule has 3 aliphatic rings. The Morgan fingerprint density at radius 1 is 1.29 bits per heavy atom. The van der Waals surface area contributed by atoms with Gasteiger partial charge >= 0.3 is 12.1 Å². The largest absolute Gasteiger partial charge is 0.465 e. The second-order valence-corrected chi connectivity index (χ2v) is 12.4. The molecule has 1 amide bonds. The molecule has 0 spiro atoms. The van der Waals surface area contributed by atoms with Crippen LogP contribution in [0.4, 0.5) is 10.6 Å². The maximum absolute atomic E-state index is 14.5. The normalized spacial score (nSPS) is 24.3. The number of halogens is 1. The van der Waals surface area contributed by atoms with Crippen molar-refractivity contribution in [2.45, 2.75) is 57.0 Å². The molecule has 5 rings (SSSR count). The molecule has 0 radical (unpaired) electrons. The van der Waals surface area contributed by atoms with Crippen LogP contribution in [0.2, 0.25) is 0 Å². The number of likely N-dealkylation sites (tertiary alicyclic amines) is 1. The predicted octanol–water partition coefficient (Wildman–Crippen LogP) is 4.73. The van der Waals surface area contributed by atoms with E-state index in [1.807, 2.05) is 35.2 Å². The van der Waals surface area contributed by atoms with E-state index in [4.69, 9.17) is 14.7 Å². The average molecular weight is 638 g/mol. The van der Waals surface area contributed by atoms with Gasteiger partial charge in [0.1, 0.15) is 18.1 Å². The highest BCUT2D eigenvalue weighted by Gasteiger charge is 2.45. The van der Waals surface area contributed by atoms with Crippen molar-refractivity contribution in [1.29, 1.82) is 5.26 Å². The second kappa shape index (κ2) is 12.8. The maximum atomic E-state index is 14.5. The minimum absolute atomic E-state index is 0.0522. The fraction of sp³-hybridized carbons (Fsp3) is 0.516. The smallest absolute Gasteiger partial charge is 0.407 e. The number of piperazine rings is 1. The van der Waals surface area contributed by atoms with E-state index in [-0.39, 0.29) is 30.8 Å². The third-order valence-corrected chi connectivity index (χ3v) is 9.74. The number of benzene rings is 1. The quantitative estimate of drug-likeness (QED) is 0.389. The summed E-state index contributed by atoms with van der Waals surface area (Å²) >= 11 is 3.65. The number of fused-ring (bicyclic) bond motifs is 1. The molecule has 2 aliphatic heterocycles. The van der Waals surface area contributed by atoms with Crippen molar-refractivity contribution in [2.24, 2.45) is 5.41 Å². The van der Waals surface area contributed by atoms with Gasteiger partial charge in [-0.3, -0.25) is 4.79 Å². The number of allylic oxidation sites excluding steroid dienone is 1. The van der Waals surface area contributed by atoms with Crippen molar-refractivity contribution in [3.05, 3.63) is 58.2 Å². The zero-order chi connectivity index (χ0) is 29.9. The number of nitrogens with zero attached hydrogens (tertiary/aromatic N) is 6. The lowest BCUT2D eigenvalue weighted by molar-refractivity contribution is 0.0748. The van der Waals surface area contributed by atoms with Gasteiger partial charge in [0.05, 0.1) is 18.5 Å². The Balaban J connectivity index is 1.53. The number of anilines is 1. The van der Waals surface area contributed by atoms with E-state index in [2.05, 4.69) is 40.5 Å². The van der Waals surface area contributed by atoms with Crippen molar-refractivity contribution in [1.82, 2.24) is 19.8 Å². The molecule has 1 N–H and O–H groups in total. The summed E-state index contributed by atoms with van der Waals surface area (Å²) in [6.45, 7) is 6.34. The Morgan fingerprint density at radius 2 is 2.10 bits per heavy atom. The van der Waals surface area contributed by atoms with Crippen molar-refractivity contribution < 1.29 is 19.4 Å². The summed E-state index contributed by atoms with van der Waals surface area (Å²) in [6.07, 6.45) is 5.21. The fourth-order valence-corrected chi connectivity index (χ4v) is 7.01. The molecule has 10 nitrogen and oxygen atoms in total. The summed E-state index contributed by atoms with van der Waals surface area (Å²) in [5.41, 5.74) is 1.47. The summed E-state index contributed by atoms with van der Waals surface area (Å²) in [6, 6.07) is 9.98. The molecular weight excluding hydrogens is 600 g/mol. The van der Waals surface area contributed by atoms with Gasteiger partial charge < -0.3 is 24.5 Å². The first-order valence-electron chi connectivity index (χ1n) is 14.5. The lowest BCUT2D eigenvalue weighted by Crippen LogP contribution is -2.55. The minimum atomic E-state index is -1.04. The molecule has 1 aliphatic carbocycles. The number of hydrogen-bond donors (Lipinski definition) is 1. The predicted molar refractivity (Wildman–Crippen MR) is 162 cm³/mol. The van der Waals surface area contributed by atoms with Crippen LogP contribution in [0.1, 0.15) is 53.7 Å². The Bertz CT molecular complexity index is 1400. The third kappa shape index (κ3) is 6.01. The van der Waals surface area contributed by atoms with Gasteiger partial charge in [0.2, 0.25) is 0 Å². The molecule has 3 heterocycles. The number of Topliss-reactive ketones (excluding diaryl/α,β-unsaturated/α-hetero) is 1. The highest BCUT2D eigenvalue weighted by atomic mass is 79.9. The lowest BCUT2D eigenvalue weighted by atomic mass is 9.66. The molecule has 0 saturated carbocycles. The van der Waals surface area contributed by atoms with E-state index in [0.717, 1.165) is 35.0 Å². The summed E-state index contributed by atoms with van der Waals surface area (Å²) in [5.74, 6) is 0.549. The van der Waals surface area contributed by atoms with Gasteiger partial charge in [-0.25, -0.2) is 4.79 Å². The van der Waals surface area contributed by atoms with Crippen LogP contribution in [0.3, 0.4) is 0 Å². The molecule has 11 heteroatoms. The van der Waals surface area contributed by atoms with Crippen LogP contribution in [0, 0.1) is 16.7 Å². The van der Waals surface area contributed by atoms with Crippen molar-refractivity contribution >= 4 is 33.6 Å². The number of hydrogen-bond acceptors (Lipinski definition) is 8. The Hall–Kier alpha value is -3.49.